The summed E-state index contributed by atoms with van der Waals surface area (Å²) in [5, 5.41) is 0. The first-order valence-electron chi connectivity index (χ1n) is 6.98. The van der Waals surface area contributed by atoms with E-state index in [1.807, 2.05) is 13.8 Å². The fourth-order valence-electron chi connectivity index (χ4n) is 2.47. The maximum Gasteiger partial charge on any atom is 0.161 e. The van der Waals surface area contributed by atoms with E-state index in [0.717, 1.165) is 37.6 Å². The molecule has 0 unspecified atom stereocenters. The highest BCUT2D eigenvalue weighted by Crippen LogP contribution is 2.33. The second-order valence-electron chi connectivity index (χ2n) is 4.65. The molecule has 1 aromatic carbocycles. The van der Waals surface area contributed by atoms with Gasteiger partial charge in [-0.2, -0.15) is 0 Å². The summed E-state index contributed by atoms with van der Waals surface area (Å²) < 4.78 is 11.4. The molecule has 1 aliphatic rings. The molecule has 0 bridgehead atoms. The molecule has 0 fully saturated rings. The van der Waals surface area contributed by atoms with Crippen molar-refractivity contribution in [1.29, 1.82) is 0 Å². The van der Waals surface area contributed by atoms with E-state index in [9.17, 15) is 0 Å². The van der Waals surface area contributed by atoms with Crippen LogP contribution in [0.2, 0.25) is 0 Å². The summed E-state index contributed by atoms with van der Waals surface area (Å²) in [6.07, 6.45) is 1.05. The number of benzene rings is 1. The van der Waals surface area contributed by atoms with Crippen molar-refractivity contribution in [1.82, 2.24) is 4.90 Å². The SMILES string of the molecule is CCOc1cc2c(cc1OCC)CN(CCCl)CC2. The molecule has 4 heteroatoms. The Labute approximate surface area is 120 Å². The summed E-state index contributed by atoms with van der Waals surface area (Å²) in [6, 6.07) is 4.27. The van der Waals surface area contributed by atoms with Gasteiger partial charge >= 0.3 is 0 Å². The number of nitrogens with zero attached hydrogens (tertiary/aromatic N) is 1. The fraction of sp³-hybridized carbons (Fsp3) is 0.600. The van der Waals surface area contributed by atoms with Crippen molar-refractivity contribution in [2.45, 2.75) is 26.8 Å². The molecule has 0 atom stereocenters. The number of hydrogen-bond acceptors (Lipinski definition) is 3. The van der Waals surface area contributed by atoms with Crippen LogP contribution in [0.3, 0.4) is 0 Å². The lowest BCUT2D eigenvalue weighted by Gasteiger charge is -2.29. The van der Waals surface area contributed by atoms with Crippen molar-refractivity contribution in [2.24, 2.45) is 0 Å². The zero-order chi connectivity index (χ0) is 13.7. The molecule has 0 aromatic heterocycles. The smallest absolute Gasteiger partial charge is 0.161 e. The largest absolute Gasteiger partial charge is 0.490 e. The van der Waals surface area contributed by atoms with Gasteiger partial charge in [-0.3, -0.25) is 4.90 Å². The normalized spacial score (nSPS) is 15.1. The van der Waals surface area contributed by atoms with Crippen molar-refractivity contribution in [3.05, 3.63) is 23.3 Å². The van der Waals surface area contributed by atoms with Crippen molar-refractivity contribution in [2.75, 3.05) is 32.2 Å². The van der Waals surface area contributed by atoms with Crippen LogP contribution in [0.1, 0.15) is 25.0 Å². The molecule has 0 radical (unpaired) electrons. The van der Waals surface area contributed by atoms with Crippen LogP contribution in [0.5, 0.6) is 11.5 Å². The monoisotopic (exact) mass is 283 g/mol. The molecule has 0 amide bonds. The second-order valence-corrected chi connectivity index (χ2v) is 5.03. The lowest BCUT2D eigenvalue weighted by Crippen LogP contribution is -2.32. The minimum absolute atomic E-state index is 0.657. The molecule has 2 rings (SSSR count). The minimum atomic E-state index is 0.657. The summed E-state index contributed by atoms with van der Waals surface area (Å²) in [5.74, 6) is 2.41. The highest BCUT2D eigenvalue weighted by atomic mass is 35.5. The van der Waals surface area contributed by atoms with E-state index in [1.54, 1.807) is 0 Å². The third-order valence-electron chi connectivity index (χ3n) is 3.36. The van der Waals surface area contributed by atoms with Crippen LogP contribution < -0.4 is 9.47 Å². The first-order chi connectivity index (χ1) is 9.28. The van der Waals surface area contributed by atoms with Gasteiger partial charge < -0.3 is 9.47 Å². The molecular formula is C15H22ClNO2. The summed E-state index contributed by atoms with van der Waals surface area (Å²) in [6.45, 7) is 8.28. The van der Waals surface area contributed by atoms with Gasteiger partial charge in [0.05, 0.1) is 13.2 Å². The Hall–Kier alpha value is -0.930. The average molecular weight is 284 g/mol. The zero-order valence-electron chi connectivity index (χ0n) is 11.7. The predicted octanol–water partition coefficient (Wildman–Crippen LogP) is 3.08. The predicted molar refractivity (Wildman–Crippen MR) is 78.5 cm³/mol. The van der Waals surface area contributed by atoms with Crippen LogP contribution >= 0.6 is 11.6 Å². The van der Waals surface area contributed by atoms with Gasteiger partial charge in [-0.05, 0) is 43.5 Å². The van der Waals surface area contributed by atoms with Crippen LogP contribution in [-0.2, 0) is 13.0 Å². The van der Waals surface area contributed by atoms with Crippen molar-refractivity contribution < 1.29 is 9.47 Å². The highest BCUT2D eigenvalue weighted by molar-refractivity contribution is 6.18. The molecule has 1 aromatic rings. The maximum absolute atomic E-state index is 5.82. The first kappa shape index (κ1) is 14.5. The van der Waals surface area contributed by atoms with E-state index in [0.29, 0.717) is 19.1 Å². The maximum atomic E-state index is 5.82. The van der Waals surface area contributed by atoms with Gasteiger partial charge in [0.25, 0.3) is 0 Å². The van der Waals surface area contributed by atoms with Gasteiger partial charge in [-0.1, -0.05) is 0 Å². The first-order valence-corrected chi connectivity index (χ1v) is 7.51. The third-order valence-corrected chi connectivity index (χ3v) is 3.53. The Morgan fingerprint density at radius 2 is 1.74 bits per heavy atom. The molecule has 106 valence electrons. The second kappa shape index (κ2) is 7.01. The van der Waals surface area contributed by atoms with Crippen LogP contribution in [0, 0.1) is 0 Å². The van der Waals surface area contributed by atoms with Gasteiger partial charge in [0.1, 0.15) is 0 Å². The van der Waals surface area contributed by atoms with E-state index in [1.165, 1.54) is 11.1 Å². The molecule has 3 nitrogen and oxygen atoms in total. The van der Waals surface area contributed by atoms with E-state index in [2.05, 4.69) is 17.0 Å². The zero-order valence-corrected chi connectivity index (χ0v) is 12.5. The van der Waals surface area contributed by atoms with Crippen molar-refractivity contribution in [3.63, 3.8) is 0 Å². The van der Waals surface area contributed by atoms with E-state index in [4.69, 9.17) is 21.1 Å². The summed E-state index contributed by atoms with van der Waals surface area (Å²) in [5.41, 5.74) is 2.71. The number of halogens is 1. The van der Waals surface area contributed by atoms with Gasteiger partial charge in [0.15, 0.2) is 11.5 Å². The molecule has 19 heavy (non-hydrogen) atoms. The molecule has 0 spiro atoms. The van der Waals surface area contributed by atoms with E-state index < -0.39 is 0 Å². The molecule has 0 saturated carbocycles. The molecule has 1 aliphatic heterocycles. The Morgan fingerprint density at radius 1 is 1.11 bits per heavy atom. The molecule has 1 heterocycles. The summed E-state index contributed by atoms with van der Waals surface area (Å²) >= 11 is 5.82. The Kier molecular flexibility index (Phi) is 5.34. The molecular weight excluding hydrogens is 262 g/mol. The molecule has 0 N–H and O–H groups in total. The standard InChI is InChI=1S/C15H22ClNO2/c1-3-18-14-9-12-5-7-17(8-6-16)11-13(12)10-15(14)19-4-2/h9-10H,3-8,11H2,1-2H3. The number of fused-ring (bicyclic) bond motifs is 1. The minimum Gasteiger partial charge on any atom is -0.490 e. The van der Waals surface area contributed by atoms with E-state index >= 15 is 0 Å². The third kappa shape index (κ3) is 3.54. The molecule has 0 aliphatic carbocycles. The summed E-state index contributed by atoms with van der Waals surface area (Å²) in [7, 11) is 0. The van der Waals surface area contributed by atoms with E-state index in [-0.39, 0.29) is 0 Å². The van der Waals surface area contributed by atoms with Crippen molar-refractivity contribution in [3.8, 4) is 11.5 Å². The van der Waals surface area contributed by atoms with Crippen LogP contribution in [-0.4, -0.2) is 37.1 Å². The van der Waals surface area contributed by atoms with Crippen molar-refractivity contribution >= 4 is 11.6 Å². The van der Waals surface area contributed by atoms with Gasteiger partial charge in [-0.25, -0.2) is 0 Å². The fourth-order valence-corrected chi connectivity index (χ4v) is 2.71. The lowest BCUT2D eigenvalue weighted by atomic mass is 9.99. The number of hydrogen-bond donors (Lipinski definition) is 0. The highest BCUT2D eigenvalue weighted by Gasteiger charge is 2.19. The van der Waals surface area contributed by atoms with Gasteiger partial charge in [0, 0.05) is 25.5 Å². The van der Waals surface area contributed by atoms with Crippen LogP contribution in [0.25, 0.3) is 0 Å². The number of ether oxygens (including phenoxy) is 2. The van der Waals surface area contributed by atoms with Gasteiger partial charge in [-0.15, -0.1) is 11.6 Å². The quantitative estimate of drug-likeness (QED) is 0.749. The number of alkyl halides is 1. The topological polar surface area (TPSA) is 21.7 Å². The average Bonchev–Trinajstić information content (AvgIpc) is 2.40. The Morgan fingerprint density at radius 3 is 2.32 bits per heavy atom. The van der Waals surface area contributed by atoms with Crippen LogP contribution in [0.4, 0.5) is 0 Å². The Balaban J connectivity index is 2.23. The van der Waals surface area contributed by atoms with Gasteiger partial charge in [0.2, 0.25) is 0 Å². The lowest BCUT2D eigenvalue weighted by molar-refractivity contribution is 0.262. The van der Waals surface area contributed by atoms with Crippen LogP contribution in [0.15, 0.2) is 12.1 Å². The summed E-state index contributed by atoms with van der Waals surface area (Å²) in [4.78, 5) is 2.38. The number of rotatable bonds is 6. The Bertz CT molecular complexity index is 423. The molecule has 0 saturated heterocycles.